The van der Waals surface area contributed by atoms with Crippen LogP contribution in [0.1, 0.15) is 0 Å². The molecule has 42 valence electrons. The van der Waals surface area contributed by atoms with Gasteiger partial charge >= 0.3 is 0 Å². The zero-order valence-electron chi connectivity index (χ0n) is 3.99. The number of rotatable bonds is 1. The molecule has 1 saturated heterocycles. The van der Waals surface area contributed by atoms with Crippen molar-refractivity contribution >= 4 is 11.8 Å². The molecule has 0 radical (unpaired) electrons. The maximum Gasteiger partial charge on any atom is 0.132 e. The Hall–Kier alpha value is 0.190. The van der Waals surface area contributed by atoms with Gasteiger partial charge in [-0.3, -0.25) is 0 Å². The Morgan fingerprint density at radius 3 is 2.14 bits per heavy atom. The highest BCUT2D eigenvalue weighted by atomic mass is 32.2. The predicted molar refractivity (Wildman–Crippen MR) is 29.8 cm³/mol. The second-order valence-electron chi connectivity index (χ2n) is 1.15. The lowest BCUT2D eigenvalue weighted by Crippen LogP contribution is -2.33. The fourth-order valence-corrected chi connectivity index (χ4v) is 0.711. The molecule has 0 aliphatic carbocycles. The van der Waals surface area contributed by atoms with Crippen molar-refractivity contribution in [3.8, 4) is 0 Å². The lowest BCUT2D eigenvalue weighted by Gasteiger charge is -2.00. The summed E-state index contributed by atoms with van der Waals surface area (Å²) >= 11 is 1.69. The topological polar surface area (TPSA) is 48.1 Å². The minimum absolute atomic E-state index is 0.292. The SMILES string of the molecule is CSC1NNNN1. The molecule has 4 nitrogen and oxygen atoms in total. The van der Waals surface area contributed by atoms with Gasteiger partial charge in [-0.15, -0.1) is 11.8 Å². The van der Waals surface area contributed by atoms with Crippen LogP contribution in [0.3, 0.4) is 0 Å². The quantitative estimate of drug-likeness (QED) is 0.348. The molecule has 1 aliphatic rings. The summed E-state index contributed by atoms with van der Waals surface area (Å²) in [5.74, 6) is 0. The van der Waals surface area contributed by atoms with Gasteiger partial charge in [0.15, 0.2) is 0 Å². The van der Waals surface area contributed by atoms with E-state index in [0.29, 0.717) is 5.50 Å². The Labute approximate surface area is 46.3 Å². The fourth-order valence-electron chi connectivity index (χ4n) is 0.357. The summed E-state index contributed by atoms with van der Waals surface area (Å²) in [7, 11) is 0. The van der Waals surface area contributed by atoms with E-state index in [1.165, 1.54) is 0 Å². The molecule has 5 heteroatoms. The molecular weight excluding hydrogens is 112 g/mol. The maximum absolute atomic E-state index is 2.90. The van der Waals surface area contributed by atoms with Crippen molar-refractivity contribution in [2.45, 2.75) is 5.50 Å². The highest BCUT2D eigenvalue weighted by Crippen LogP contribution is 1.96. The smallest absolute Gasteiger partial charge is 0.132 e. The third-order valence-electron chi connectivity index (χ3n) is 0.705. The summed E-state index contributed by atoms with van der Waals surface area (Å²) in [4.78, 5) is 0. The summed E-state index contributed by atoms with van der Waals surface area (Å²) in [5.41, 5.74) is 11.5. The molecule has 0 bridgehead atoms. The van der Waals surface area contributed by atoms with Gasteiger partial charge in [0.2, 0.25) is 0 Å². The third kappa shape index (κ3) is 1.29. The zero-order chi connectivity index (χ0) is 5.11. The van der Waals surface area contributed by atoms with E-state index in [1.54, 1.807) is 11.8 Å². The van der Waals surface area contributed by atoms with Crippen LogP contribution in [0.4, 0.5) is 0 Å². The number of nitrogens with one attached hydrogen (secondary N) is 4. The van der Waals surface area contributed by atoms with Crippen LogP contribution in [-0.4, -0.2) is 11.8 Å². The number of hydrogen-bond acceptors (Lipinski definition) is 5. The van der Waals surface area contributed by atoms with Crippen LogP contribution in [0, 0.1) is 0 Å². The van der Waals surface area contributed by atoms with E-state index in [1.807, 2.05) is 6.26 Å². The monoisotopic (exact) mass is 120 g/mol. The molecule has 1 fully saturated rings. The van der Waals surface area contributed by atoms with E-state index in [4.69, 9.17) is 0 Å². The van der Waals surface area contributed by atoms with E-state index < -0.39 is 0 Å². The Balaban J connectivity index is 2.14. The highest BCUT2D eigenvalue weighted by Gasteiger charge is 2.07. The molecule has 4 N–H and O–H groups in total. The Morgan fingerprint density at radius 1 is 1.29 bits per heavy atom. The molecule has 1 heterocycles. The van der Waals surface area contributed by atoms with Gasteiger partial charge in [-0.1, -0.05) is 0 Å². The molecular formula is C2H8N4S. The summed E-state index contributed by atoms with van der Waals surface area (Å²) in [6.07, 6.45) is 2.01. The first-order valence-electron chi connectivity index (χ1n) is 1.97. The van der Waals surface area contributed by atoms with E-state index in [-0.39, 0.29) is 0 Å². The normalized spacial score (nSPS) is 23.6. The minimum Gasteiger partial charge on any atom is -0.215 e. The van der Waals surface area contributed by atoms with Crippen molar-refractivity contribution in [1.82, 2.24) is 21.9 Å². The van der Waals surface area contributed by atoms with Crippen LogP contribution in [0.25, 0.3) is 0 Å². The molecule has 0 spiro atoms. The minimum atomic E-state index is 0.292. The van der Waals surface area contributed by atoms with E-state index in [9.17, 15) is 0 Å². The first kappa shape index (κ1) is 5.33. The Kier molecular flexibility index (Phi) is 1.89. The Morgan fingerprint density at radius 2 is 1.86 bits per heavy atom. The maximum atomic E-state index is 2.90. The summed E-state index contributed by atoms with van der Waals surface area (Å²) in [6, 6.07) is 0. The van der Waals surface area contributed by atoms with Gasteiger partial charge in [0.25, 0.3) is 0 Å². The molecule has 0 aromatic carbocycles. The van der Waals surface area contributed by atoms with Crippen LogP contribution >= 0.6 is 11.8 Å². The molecule has 0 aromatic heterocycles. The fraction of sp³-hybridized carbons (Fsp3) is 1.00. The summed E-state index contributed by atoms with van der Waals surface area (Å²) < 4.78 is 0. The van der Waals surface area contributed by atoms with Gasteiger partial charge in [-0.25, -0.2) is 10.9 Å². The molecule has 0 amide bonds. The molecule has 0 saturated carbocycles. The zero-order valence-corrected chi connectivity index (χ0v) is 4.80. The first-order chi connectivity index (χ1) is 3.43. The first-order valence-corrected chi connectivity index (χ1v) is 3.26. The number of thioether (sulfide) groups is 1. The number of hydrazine groups is 3. The van der Waals surface area contributed by atoms with Crippen molar-refractivity contribution in [1.29, 1.82) is 0 Å². The summed E-state index contributed by atoms with van der Waals surface area (Å²) in [5, 5.41) is 0. The summed E-state index contributed by atoms with van der Waals surface area (Å²) in [6.45, 7) is 0. The van der Waals surface area contributed by atoms with Gasteiger partial charge in [0.1, 0.15) is 5.50 Å². The van der Waals surface area contributed by atoms with Crippen LogP contribution in [0.15, 0.2) is 0 Å². The van der Waals surface area contributed by atoms with Crippen molar-refractivity contribution in [3.63, 3.8) is 0 Å². The van der Waals surface area contributed by atoms with Gasteiger partial charge in [0, 0.05) is 0 Å². The number of hydrogen-bond donors (Lipinski definition) is 4. The average Bonchev–Trinajstić information content (AvgIpc) is 2.14. The van der Waals surface area contributed by atoms with Gasteiger partial charge in [0.05, 0.1) is 0 Å². The van der Waals surface area contributed by atoms with Crippen LogP contribution < -0.4 is 21.9 Å². The van der Waals surface area contributed by atoms with Gasteiger partial charge < -0.3 is 0 Å². The molecule has 1 rings (SSSR count). The largest absolute Gasteiger partial charge is 0.215 e. The average molecular weight is 120 g/mol. The standard InChI is InChI=1S/C2H8N4S/c1-7-2-3-5-6-4-2/h2-6H,1H3. The molecule has 1 aliphatic heterocycles. The van der Waals surface area contributed by atoms with Crippen LogP contribution in [0.2, 0.25) is 0 Å². The Bertz CT molecular complexity index is 51.7. The van der Waals surface area contributed by atoms with E-state index >= 15 is 0 Å². The van der Waals surface area contributed by atoms with Crippen LogP contribution in [0.5, 0.6) is 0 Å². The highest BCUT2D eigenvalue weighted by molar-refractivity contribution is 7.99. The van der Waals surface area contributed by atoms with Gasteiger partial charge in [-0.2, -0.15) is 11.1 Å². The van der Waals surface area contributed by atoms with Crippen molar-refractivity contribution in [3.05, 3.63) is 0 Å². The lowest BCUT2D eigenvalue weighted by molar-refractivity contribution is 0.556. The second-order valence-corrected chi connectivity index (χ2v) is 2.10. The molecule has 7 heavy (non-hydrogen) atoms. The predicted octanol–water partition coefficient (Wildman–Crippen LogP) is -1.25. The van der Waals surface area contributed by atoms with Crippen LogP contribution in [-0.2, 0) is 0 Å². The molecule has 0 aromatic rings. The third-order valence-corrected chi connectivity index (χ3v) is 1.41. The lowest BCUT2D eigenvalue weighted by atomic mass is 11.2. The van der Waals surface area contributed by atoms with E-state index in [2.05, 4.69) is 21.9 Å². The molecule has 0 atom stereocenters. The van der Waals surface area contributed by atoms with Crippen molar-refractivity contribution in [2.75, 3.05) is 6.26 Å². The van der Waals surface area contributed by atoms with Crippen molar-refractivity contribution in [2.24, 2.45) is 0 Å². The van der Waals surface area contributed by atoms with Gasteiger partial charge in [-0.05, 0) is 6.26 Å². The van der Waals surface area contributed by atoms with Crippen molar-refractivity contribution < 1.29 is 0 Å². The van der Waals surface area contributed by atoms with E-state index in [0.717, 1.165) is 0 Å². The second kappa shape index (κ2) is 2.49. The molecule has 0 unspecified atom stereocenters.